The van der Waals surface area contributed by atoms with Crippen molar-refractivity contribution in [3.05, 3.63) is 39.2 Å². The Bertz CT molecular complexity index is 481. The van der Waals surface area contributed by atoms with Crippen molar-refractivity contribution in [3.8, 4) is 11.3 Å². The van der Waals surface area contributed by atoms with Crippen LogP contribution in [0.1, 0.15) is 10.4 Å². The molecule has 0 saturated heterocycles. The molecule has 0 bridgehead atoms. The van der Waals surface area contributed by atoms with Crippen molar-refractivity contribution in [2.75, 3.05) is 0 Å². The third-order valence-electron chi connectivity index (χ3n) is 2.22. The van der Waals surface area contributed by atoms with Gasteiger partial charge in [0.2, 0.25) is 0 Å². The Labute approximate surface area is 97.2 Å². The lowest BCUT2D eigenvalue weighted by Gasteiger charge is -2.03. The molecule has 2 rings (SSSR count). The number of aliphatic hydroxyl groups is 1. The van der Waals surface area contributed by atoms with Crippen LogP contribution in [0.25, 0.3) is 11.3 Å². The minimum Gasteiger partial charge on any atom is -0.391 e. The molecule has 15 heavy (non-hydrogen) atoms. The van der Waals surface area contributed by atoms with Crippen LogP contribution in [0.5, 0.6) is 0 Å². The Hall–Kier alpha value is -0.900. The van der Waals surface area contributed by atoms with Gasteiger partial charge in [0.25, 0.3) is 0 Å². The fourth-order valence-electron chi connectivity index (χ4n) is 1.48. The molecule has 0 aliphatic heterocycles. The molecule has 0 aliphatic carbocycles. The first kappa shape index (κ1) is 10.6. The number of hydrogen-bond acceptors (Lipinski definition) is 3. The molecule has 2 nitrogen and oxygen atoms in total. The molecule has 1 aromatic carbocycles. The van der Waals surface area contributed by atoms with Gasteiger partial charge in [-0.05, 0) is 12.5 Å². The zero-order chi connectivity index (χ0) is 10.8. The Morgan fingerprint density at radius 1 is 1.40 bits per heavy atom. The fraction of sp³-hybridized carbons (Fsp3) is 0.182. The van der Waals surface area contributed by atoms with Gasteiger partial charge in [0.15, 0.2) is 4.47 Å². The maximum atomic E-state index is 9.20. The van der Waals surface area contributed by atoms with E-state index in [0.29, 0.717) is 4.47 Å². The smallest absolute Gasteiger partial charge is 0.184 e. The van der Waals surface area contributed by atoms with E-state index in [1.165, 1.54) is 11.3 Å². The van der Waals surface area contributed by atoms with Gasteiger partial charge in [0, 0.05) is 5.56 Å². The molecule has 1 heterocycles. The molecule has 78 valence electrons. The van der Waals surface area contributed by atoms with Gasteiger partial charge in [0.1, 0.15) is 0 Å². The van der Waals surface area contributed by atoms with Gasteiger partial charge >= 0.3 is 0 Å². The third-order valence-corrected chi connectivity index (χ3v) is 3.36. The van der Waals surface area contributed by atoms with E-state index in [2.05, 4.69) is 4.98 Å². The van der Waals surface area contributed by atoms with Crippen LogP contribution in [-0.2, 0) is 6.61 Å². The minimum absolute atomic E-state index is 0.0198. The highest BCUT2D eigenvalue weighted by Crippen LogP contribution is 2.32. The Morgan fingerprint density at radius 3 is 2.80 bits per heavy atom. The van der Waals surface area contributed by atoms with E-state index >= 15 is 0 Å². The highest BCUT2D eigenvalue weighted by atomic mass is 35.5. The number of rotatable bonds is 2. The van der Waals surface area contributed by atoms with Crippen molar-refractivity contribution in [3.63, 3.8) is 0 Å². The van der Waals surface area contributed by atoms with Crippen molar-refractivity contribution in [1.82, 2.24) is 4.98 Å². The first-order valence-electron chi connectivity index (χ1n) is 4.54. The zero-order valence-corrected chi connectivity index (χ0v) is 9.77. The summed E-state index contributed by atoms with van der Waals surface area (Å²) in [5.74, 6) is 0. The van der Waals surface area contributed by atoms with Crippen LogP contribution in [0.4, 0.5) is 0 Å². The molecule has 0 saturated carbocycles. The normalized spacial score (nSPS) is 10.6. The summed E-state index contributed by atoms with van der Waals surface area (Å²) in [6.45, 7) is 2.00. The maximum Gasteiger partial charge on any atom is 0.184 e. The highest BCUT2D eigenvalue weighted by Gasteiger charge is 2.12. The van der Waals surface area contributed by atoms with Crippen molar-refractivity contribution in [2.45, 2.75) is 13.5 Å². The maximum absolute atomic E-state index is 9.20. The van der Waals surface area contributed by atoms with Crippen LogP contribution in [0.3, 0.4) is 0 Å². The molecule has 0 spiro atoms. The van der Waals surface area contributed by atoms with Crippen LogP contribution < -0.4 is 0 Å². The van der Waals surface area contributed by atoms with Gasteiger partial charge in [-0.3, -0.25) is 0 Å². The third kappa shape index (κ3) is 2.04. The summed E-state index contributed by atoms with van der Waals surface area (Å²) in [6.07, 6.45) is 0. The van der Waals surface area contributed by atoms with E-state index in [9.17, 15) is 5.11 Å². The molecule has 0 fully saturated rings. The molecule has 4 heteroatoms. The molecule has 1 N–H and O–H groups in total. The predicted octanol–water partition coefficient (Wildman–Crippen LogP) is 3.26. The lowest BCUT2D eigenvalue weighted by Crippen LogP contribution is -1.87. The topological polar surface area (TPSA) is 33.1 Å². The molecular formula is C11H10ClNOS. The van der Waals surface area contributed by atoms with Crippen LogP contribution in [0.15, 0.2) is 24.3 Å². The number of aromatic nitrogens is 1. The Morgan fingerprint density at radius 2 is 2.13 bits per heavy atom. The summed E-state index contributed by atoms with van der Waals surface area (Å²) in [6, 6.07) is 7.94. The summed E-state index contributed by atoms with van der Waals surface area (Å²) >= 11 is 7.17. The summed E-state index contributed by atoms with van der Waals surface area (Å²) in [7, 11) is 0. The summed E-state index contributed by atoms with van der Waals surface area (Å²) in [5, 5.41) is 9.20. The van der Waals surface area contributed by atoms with Gasteiger partial charge in [-0.1, -0.05) is 35.9 Å². The summed E-state index contributed by atoms with van der Waals surface area (Å²) < 4.78 is 0.470. The van der Waals surface area contributed by atoms with Gasteiger partial charge in [-0.15, -0.1) is 11.3 Å². The van der Waals surface area contributed by atoms with Gasteiger partial charge in [-0.25, -0.2) is 4.98 Å². The second-order valence-corrected chi connectivity index (χ2v) is 4.88. The molecule has 0 aliphatic rings. The fourth-order valence-corrected chi connectivity index (χ4v) is 2.50. The molecule has 0 unspecified atom stereocenters. The number of thiazole rings is 1. The second kappa shape index (κ2) is 4.31. The summed E-state index contributed by atoms with van der Waals surface area (Å²) in [4.78, 5) is 5.05. The molecule has 0 radical (unpaired) electrons. The monoisotopic (exact) mass is 239 g/mol. The van der Waals surface area contributed by atoms with E-state index in [0.717, 1.165) is 21.7 Å². The minimum atomic E-state index is -0.0198. The number of nitrogens with zero attached hydrogens (tertiary/aromatic N) is 1. The van der Waals surface area contributed by atoms with E-state index in [1.807, 2.05) is 31.2 Å². The van der Waals surface area contributed by atoms with Crippen LogP contribution in [-0.4, -0.2) is 10.1 Å². The SMILES string of the molecule is Cc1ccccc1-c1nc(Cl)sc1CO. The molecular weight excluding hydrogens is 230 g/mol. The predicted molar refractivity (Wildman–Crippen MR) is 63.2 cm³/mol. The van der Waals surface area contributed by atoms with Crippen molar-refractivity contribution < 1.29 is 5.11 Å². The average molecular weight is 240 g/mol. The van der Waals surface area contributed by atoms with Crippen LogP contribution in [0, 0.1) is 6.92 Å². The molecule has 0 atom stereocenters. The second-order valence-electron chi connectivity index (χ2n) is 3.21. The highest BCUT2D eigenvalue weighted by molar-refractivity contribution is 7.16. The lowest BCUT2D eigenvalue weighted by atomic mass is 10.1. The Kier molecular flexibility index (Phi) is 3.05. The average Bonchev–Trinajstić information content (AvgIpc) is 2.60. The van der Waals surface area contributed by atoms with Gasteiger partial charge < -0.3 is 5.11 Å². The number of aryl methyl sites for hydroxylation is 1. The quantitative estimate of drug-likeness (QED) is 0.873. The summed E-state index contributed by atoms with van der Waals surface area (Å²) in [5.41, 5.74) is 2.96. The lowest BCUT2D eigenvalue weighted by molar-refractivity contribution is 0.286. The number of aliphatic hydroxyl groups excluding tert-OH is 1. The van der Waals surface area contributed by atoms with E-state index in [-0.39, 0.29) is 6.61 Å². The number of benzene rings is 1. The number of halogens is 1. The molecule has 2 aromatic rings. The van der Waals surface area contributed by atoms with Crippen molar-refractivity contribution >= 4 is 22.9 Å². The standard InChI is InChI=1S/C11H10ClNOS/c1-7-4-2-3-5-8(7)10-9(6-14)15-11(12)13-10/h2-5,14H,6H2,1H3. The molecule has 0 amide bonds. The molecule has 1 aromatic heterocycles. The van der Waals surface area contributed by atoms with E-state index < -0.39 is 0 Å². The first-order valence-corrected chi connectivity index (χ1v) is 5.74. The first-order chi connectivity index (χ1) is 7.22. The largest absolute Gasteiger partial charge is 0.391 e. The van der Waals surface area contributed by atoms with Crippen molar-refractivity contribution in [2.24, 2.45) is 0 Å². The Balaban J connectivity index is 2.58. The van der Waals surface area contributed by atoms with Gasteiger partial charge in [0.05, 0.1) is 17.2 Å². The van der Waals surface area contributed by atoms with Crippen LogP contribution >= 0.6 is 22.9 Å². The van der Waals surface area contributed by atoms with E-state index in [1.54, 1.807) is 0 Å². The van der Waals surface area contributed by atoms with Crippen molar-refractivity contribution in [1.29, 1.82) is 0 Å². The van der Waals surface area contributed by atoms with Gasteiger partial charge in [-0.2, -0.15) is 0 Å². The zero-order valence-electron chi connectivity index (χ0n) is 8.20. The van der Waals surface area contributed by atoms with E-state index in [4.69, 9.17) is 11.6 Å². The van der Waals surface area contributed by atoms with Crippen LogP contribution in [0.2, 0.25) is 4.47 Å². The number of hydrogen-bond donors (Lipinski definition) is 1.